The van der Waals surface area contributed by atoms with Gasteiger partial charge in [-0.1, -0.05) is 13.8 Å². The molecule has 29 heavy (non-hydrogen) atoms. The maximum atomic E-state index is 12.4. The van der Waals surface area contributed by atoms with Gasteiger partial charge in [0.1, 0.15) is 11.5 Å². The van der Waals surface area contributed by atoms with Crippen LogP contribution in [0.1, 0.15) is 54.1 Å². The summed E-state index contributed by atoms with van der Waals surface area (Å²) in [7, 11) is 0. The Morgan fingerprint density at radius 2 is 1.72 bits per heavy atom. The van der Waals surface area contributed by atoms with Crippen molar-refractivity contribution in [1.82, 2.24) is 10.3 Å². The molecule has 1 atom stereocenters. The van der Waals surface area contributed by atoms with E-state index in [1.165, 1.54) is 12.1 Å². The van der Waals surface area contributed by atoms with E-state index in [1.807, 2.05) is 19.9 Å². The number of ketones is 1. The summed E-state index contributed by atoms with van der Waals surface area (Å²) in [5.41, 5.74) is 2.35. The van der Waals surface area contributed by atoms with E-state index in [2.05, 4.69) is 15.0 Å². The molecule has 0 aliphatic heterocycles. The minimum atomic E-state index is -4.79. The van der Waals surface area contributed by atoms with Crippen LogP contribution in [0.25, 0.3) is 0 Å². The molecule has 0 saturated carbocycles. The Kier molecular flexibility index (Phi) is 7.00. The van der Waals surface area contributed by atoms with Crippen LogP contribution in [-0.2, 0) is 11.2 Å². The summed E-state index contributed by atoms with van der Waals surface area (Å²) in [6.45, 7) is 7.24. The molecule has 1 aromatic carbocycles. The molecule has 2 aromatic rings. The Morgan fingerprint density at radius 1 is 1.10 bits per heavy atom. The van der Waals surface area contributed by atoms with Crippen molar-refractivity contribution < 1.29 is 27.5 Å². The molecular weight excluding hydrogens is 385 g/mol. The zero-order valence-electron chi connectivity index (χ0n) is 16.6. The number of alkyl halides is 3. The Balaban J connectivity index is 2.09. The predicted octanol–water partition coefficient (Wildman–Crippen LogP) is 4.55. The lowest BCUT2D eigenvalue weighted by molar-refractivity contribution is -0.274. The van der Waals surface area contributed by atoms with Crippen molar-refractivity contribution >= 4 is 11.7 Å². The van der Waals surface area contributed by atoms with Crippen LogP contribution in [0.15, 0.2) is 36.4 Å². The highest BCUT2D eigenvalue weighted by Crippen LogP contribution is 2.23. The summed E-state index contributed by atoms with van der Waals surface area (Å²) in [4.78, 5) is 28.8. The zero-order chi connectivity index (χ0) is 21.8. The number of benzene rings is 1. The number of carbonyl (C=O) groups excluding carboxylic acids is 2. The number of hydrogen-bond donors (Lipinski definition) is 1. The van der Waals surface area contributed by atoms with Gasteiger partial charge in [0, 0.05) is 29.3 Å². The predicted molar refractivity (Wildman–Crippen MR) is 102 cm³/mol. The highest BCUT2D eigenvalue weighted by atomic mass is 19.4. The topological polar surface area (TPSA) is 68.3 Å². The molecule has 5 nitrogen and oxygen atoms in total. The molecule has 156 valence electrons. The lowest BCUT2D eigenvalue weighted by Gasteiger charge is -2.16. The molecule has 1 N–H and O–H groups in total. The molecule has 1 heterocycles. The summed E-state index contributed by atoms with van der Waals surface area (Å²) >= 11 is 0. The van der Waals surface area contributed by atoms with Crippen LogP contribution in [0.4, 0.5) is 13.2 Å². The first-order valence-electron chi connectivity index (χ1n) is 9.11. The van der Waals surface area contributed by atoms with E-state index in [0.29, 0.717) is 5.69 Å². The zero-order valence-corrected chi connectivity index (χ0v) is 16.6. The second kappa shape index (κ2) is 9.07. The molecular formula is C21H23F3N2O3. The minimum absolute atomic E-state index is 0.0758. The van der Waals surface area contributed by atoms with E-state index in [4.69, 9.17) is 0 Å². The van der Waals surface area contributed by atoms with Gasteiger partial charge < -0.3 is 10.1 Å². The fraction of sp³-hybridized carbons (Fsp3) is 0.381. The second-order valence-corrected chi connectivity index (χ2v) is 7.10. The lowest BCUT2D eigenvalue weighted by atomic mass is 10.0. The third kappa shape index (κ3) is 6.89. The molecule has 0 aliphatic rings. The molecule has 1 unspecified atom stereocenters. The molecule has 0 fully saturated rings. The quantitative estimate of drug-likeness (QED) is 0.730. The standard InChI is InChI=1S/C21H23F3N2O3/c1-12(2)19(27)11-17-10-16(9-13(3)25-17)14(4)26-20(28)15-5-7-18(8-6-15)29-21(22,23)24/h5-10,12,14H,11H2,1-4H3,(H,26,28). The fourth-order valence-corrected chi connectivity index (χ4v) is 2.66. The summed E-state index contributed by atoms with van der Waals surface area (Å²) < 4.78 is 40.5. The highest BCUT2D eigenvalue weighted by molar-refractivity contribution is 5.94. The molecule has 0 radical (unpaired) electrons. The lowest BCUT2D eigenvalue weighted by Crippen LogP contribution is -2.27. The molecule has 8 heteroatoms. The largest absolute Gasteiger partial charge is 0.573 e. The third-order valence-corrected chi connectivity index (χ3v) is 4.23. The maximum absolute atomic E-state index is 12.4. The van der Waals surface area contributed by atoms with Gasteiger partial charge in [0.2, 0.25) is 0 Å². The van der Waals surface area contributed by atoms with Crippen molar-refractivity contribution in [1.29, 1.82) is 0 Å². The van der Waals surface area contributed by atoms with E-state index in [9.17, 15) is 22.8 Å². The summed E-state index contributed by atoms with van der Waals surface area (Å²) in [5.74, 6) is -0.856. The average Bonchev–Trinajstić information content (AvgIpc) is 2.60. The molecule has 0 spiro atoms. The molecule has 0 aliphatic carbocycles. The number of nitrogens with one attached hydrogen (secondary N) is 1. The Morgan fingerprint density at radius 3 is 2.28 bits per heavy atom. The van der Waals surface area contributed by atoms with Gasteiger partial charge in [-0.15, -0.1) is 13.2 Å². The number of aryl methyl sites for hydroxylation is 1. The van der Waals surface area contributed by atoms with Crippen LogP contribution in [0, 0.1) is 12.8 Å². The van der Waals surface area contributed by atoms with Gasteiger partial charge in [-0.2, -0.15) is 0 Å². The number of rotatable bonds is 7. The molecule has 0 saturated heterocycles. The van der Waals surface area contributed by atoms with Gasteiger partial charge in [-0.3, -0.25) is 14.6 Å². The van der Waals surface area contributed by atoms with Crippen molar-refractivity contribution in [3.63, 3.8) is 0 Å². The number of halogens is 3. The van der Waals surface area contributed by atoms with Gasteiger partial charge in [0.15, 0.2) is 0 Å². The first-order valence-corrected chi connectivity index (χ1v) is 9.11. The third-order valence-electron chi connectivity index (χ3n) is 4.23. The number of nitrogens with zero attached hydrogens (tertiary/aromatic N) is 1. The Hall–Kier alpha value is -2.90. The van der Waals surface area contributed by atoms with Crippen molar-refractivity contribution in [2.75, 3.05) is 0 Å². The smallest absolute Gasteiger partial charge is 0.406 e. The number of hydrogen-bond acceptors (Lipinski definition) is 4. The molecule has 0 bridgehead atoms. The number of Topliss-reactive ketones (excluding diaryl/α,β-unsaturated/α-hetero) is 1. The van der Waals surface area contributed by atoms with Crippen LogP contribution < -0.4 is 10.1 Å². The highest BCUT2D eigenvalue weighted by Gasteiger charge is 2.31. The van der Waals surface area contributed by atoms with E-state index in [-0.39, 0.29) is 29.7 Å². The van der Waals surface area contributed by atoms with Crippen molar-refractivity contribution in [3.8, 4) is 5.75 Å². The molecule has 2 rings (SSSR count). The van der Waals surface area contributed by atoms with E-state index < -0.39 is 18.0 Å². The minimum Gasteiger partial charge on any atom is -0.406 e. The second-order valence-electron chi connectivity index (χ2n) is 7.10. The average molecular weight is 408 g/mol. The normalized spacial score (nSPS) is 12.6. The van der Waals surface area contributed by atoms with Crippen LogP contribution in [-0.4, -0.2) is 23.0 Å². The monoisotopic (exact) mass is 408 g/mol. The van der Waals surface area contributed by atoms with Crippen molar-refractivity contribution in [2.45, 2.75) is 46.5 Å². The first kappa shape index (κ1) is 22.4. The first-order chi connectivity index (χ1) is 13.4. The van der Waals surface area contributed by atoms with Crippen molar-refractivity contribution in [3.05, 3.63) is 58.9 Å². The van der Waals surface area contributed by atoms with Gasteiger partial charge >= 0.3 is 6.36 Å². The Labute approximate surface area is 167 Å². The van der Waals surface area contributed by atoms with E-state index in [1.54, 1.807) is 19.9 Å². The van der Waals surface area contributed by atoms with Gasteiger partial charge in [-0.25, -0.2) is 0 Å². The van der Waals surface area contributed by atoms with Crippen LogP contribution >= 0.6 is 0 Å². The number of aromatic nitrogens is 1. The fourth-order valence-electron chi connectivity index (χ4n) is 2.66. The summed E-state index contributed by atoms with van der Waals surface area (Å²) in [5, 5.41) is 2.80. The van der Waals surface area contributed by atoms with Gasteiger partial charge in [0.05, 0.1) is 6.04 Å². The maximum Gasteiger partial charge on any atom is 0.573 e. The number of carbonyl (C=O) groups is 2. The summed E-state index contributed by atoms with van der Waals surface area (Å²) in [6.07, 6.45) is -4.57. The van der Waals surface area contributed by atoms with Crippen LogP contribution in [0.5, 0.6) is 5.75 Å². The van der Waals surface area contributed by atoms with E-state index in [0.717, 1.165) is 23.4 Å². The molecule has 1 aromatic heterocycles. The Bertz CT molecular complexity index is 878. The molecule has 1 amide bonds. The van der Waals surface area contributed by atoms with E-state index >= 15 is 0 Å². The van der Waals surface area contributed by atoms with Gasteiger partial charge in [0.25, 0.3) is 5.91 Å². The number of amides is 1. The van der Waals surface area contributed by atoms with Crippen LogP contribution in [0.2, 0.25) is 0 Å². The van der Waals surface area contributed by atoms with Crippen LogP contribution in [0.3, 0.4) is 0 Å². The SMILES string of the molecule is Cc1cc(C(C)NC(=O)c2ccc(OC(F)(F)F)cc2)cc(CC(=O)C(C)C)n1. The summed E-state index contributed by atoms with van der Waals surface area (Å²) in [6, 6.07) is 7.88. The van der Waals surface area contributed by atoms with Gasteiger partial charge in [-0.05, 0) is 55.8 Å². The number of pyridine rings is 1. The van der Waals surface area contributed by atoms with Crippen molar-refractivity contribution in [2.24, 2.45) is 5.92 Å². The number of ether oxygens (including phenoxy) is 1.